The van der Waals surface area contributed by atoms with E-state index in [0.29, 0.717) is 27.5 Å². The molecule has 0 unspecified atom stereocenters. The topological polar surface area (TPSA) is 61.7 Å². The van der Waals surface area contributed by atoms with Crippen molar-refractivity contribution in [2.45, 2.75) is 0 Å². The molecule has 0 saturated heterocycles. The lowest BCUT2D eigenvalue weighted by atomic mass is 10.0. The number of rotatable bonds is 4. The van der Waals surface area contributed by atoms with Crippen molar-refractivity contribution < 1.29 is 26.3 Å². The van der Waals surface area contributed by atoms with Gasteiger partial charge in [-0.2, -0.15) is 15.0 Å². The highest BCUT2D eigenvalue weighted by atomic mass is 16.3. The highest BCUT2D eigenvalue weighted by Crippen LogP contribution is 2.41. The normalized spacial score (nSPS) is 16.3. The number of fused-ring (bicyclic) bond motifs is 9. The standard InChI is InChI=1S/C45H27N5O/c1-2-14-28(15-3-1)29-20-12-21-34-41-35(22-13-27-40(41)51-42(29)34)43-46-44(49-36-23-8-4-16-30(36)31-17-5-9-24-37(31)49)48-45(47-43)50-38-25-10-6-18-32(38)33-19-7-11-26-39(33)50/h1-27H/i4D,5D,6D,7D,8D,9D,10D,11D,16D,17D,18D,19D,23D,24D,25D,26D. The molecule has 11 aromatic rings. The van der Waals surface area contributed by atoms with E-state index in [2.05, 4.69) is 0 Å². The maximum atomic E-state index is 9.20. The average Bonchev–Trinajstić information content (AvgIpc) is 4.03. The summed E-state index contributed by atoms with van der Waals surface area (Å²) in [6, 6.07) is 9.60. The summed E-state index contributed by atoms with van der Waals surface area (Å²) in [6.07, 6.45) is 0. The van der Waals surface area contributed by atoms with Gasteiger partial charge in [-0.3, -0.25) is 9.13 Å². The molecule has 0 spiro atoms. The summed E-state index contributed by atoms with van der Waals surface area (Å²) in [5, 5.41) is 0.0352. The Hall–Kier alpha value is -7.05. The molecule has 0 saturated carbocycles. The Labute approximate surface area is 314 Å². The first kappa shape index (κ1) is 16.6. The van der Waals surface area contributed by atoms with Crippen LogP contribution in [0, 0.1) is 0 Å². The lowest BCUT2D eigenvalue weighted by Gasteiger charge is -2.13. The van der Waals surface area contributed by atoms with Crippen LogP contribution in [0.2, 0.25) is 0 Å². The zero-order valence-corrected chi connectivity index (χ0v) is 26.0. The molecule has 0 atom stereocenters. The van der Waals surface area contributed by atoms with Gasteiger partial charge in [0, 0.05) is 43.4 Å². The number of nitrogens with zero attached hydrogens (tertiary/aromatic N) is 5. The molecule has 0 fully saturated rings. The lowest BCUT2D eigenvalue weighted by Crippen LogP contribution is -2.10. The van der Waals surface area contributed by atoms with E-state index in [1.165, 1.54) is 0 Å². The first-order chi connectivity index (χ1) is 32.0. The molecule has 0 aliphatic heterocycles. The van der Waals surface area contributed by atoms with E-state index in [0.717, 1.165) is 20.3 Å². The van der Waals surface area contributed by atoms with Gasteiger partial charge in [-0.15, -0.1) is 0 Å². The SMILES string of the molecule is [2H]c1c([2H])c([2H])c2c(c1[2H])c1c([2H])c([2H])c([2H])c([2H])c1n2-c1nc(-c2cccc3oc4c(-c5ccccc5)cccc4c23)nc(-n2c3c([2H])c([2H])c([2H])c([2H])c3c3c([2H])c([2H])c([2H])c([2H])c32)n1. The van der Waals surface area contributed by atoms with Crippen LogP contribution < -0.4 is 0 Å². The van der Waals surface area contributed by atoms with Gasteiger partial charge in [0.15, 0.2) is 5.82 Å². The van der Waals surface area contributed by atoms with Crippen LogP contribution in [0.25, 0.3) is 100.0 Å². The van der Waals surface area contributed by atoms with Gasteiger partial charge in [0.25, 0.3) is 0 Å². The fraction of sp³-hybridized carbons (Fsp3) is 0. The molecule has 0 radical (unpaired) electrons. The first-order valence-electron chi connectivity index (χ1n) is 23.7. The van der Waals surface area contributed by atoms with E-state index in [4.69, 9.17) is 35.8 Å². The Morgan fingerprint density at radius 1 is 0.451 bits per heavy atom. The number of hydrogen-bond acceptors (Lipinski definition) is 4. The molecule has 4 heterocycles. The van der Waals surface area contributed by atoms with E-state index < -0.39 is 109 Å². The van der Waals surface area contributed by atoms with E-state index in [1.54, 1.807) is 18.2 Å². The molecule has 51 heavy (non-hydrogen) atoms. The van der Waals surface area contributed by atoms with Crippen molar-refractivity contribution in [3.8, 4) is 34.4 Å². The van der Waals surface area contributed by atoms with Gasteiger partial charge in [0.05, 0.1) is 44.0 Å². The Bertz CT molecular complexity index is 3740. The molecule has 238 valence electrons. The molecular weight excluding hydrogens is 627 g/mol. The van der Waals surface area contributed by atoms with E-state index >= 15 is 0 Å². The highest BCUT2D eigenvalue weighted by molar-refractivity contribution is 6.15. The molecule has 11 rings (SSSR count). The highest BCUT2D eigenvalue weighted by Gasteiger charge is 2.23. The summed E-state index contributed by atoms with van der Waals surface area (Å²) in [5.74, 6) is -1.14. The Morgan fingerprint density at radius 3 is 1.49 bits per heavy atom. The first-order valence-corrected chi connectivity index (χ1v) is 15.7. The van der Waals surface area contributed by atoms with Crippen LogP contribution in [0.15, 0.2) is 168 Å². The Kier molecular flexibility index (Phi) is 3.48. The predicted molar refractivity (Wildman–Crippen MR) is 207 cm³/mol. The van der Waals surface area contributed by atoms with Crippen molar-refractivity contribution in [3.63, 3.8) is 0 Å². The van der Waals surface area contributed by atoms with Crippen LogP contribution in [-0.2, 0) is 0 Å². The summed E-state index contributed by atoms with van der Waals surface area (Å²) in [7, 11) is 0. The van der Waals surface area contributed by atoms with Crippen LogP contribution >= 0.6 is 0 Å². The molecule has 4 aromatic heterocycles. The van der Waals surface area contributed by atoms with Crippen molar-refractivity contribution in [2.24, 2.45) is 0 Å². The molecule has 6 nitrogen and oxygen atoms in total. The van der Waals surface area contributed by atoms with Crippen LogP contribution in [0.5, 0.6) is 0 Å². The van der Waals surface area contributed by atoms with Crippen molar-refractivity contribution in [1.29, 1.82) is 0 Å². The molecule has 0 bridgehead atoms. The third kappa shape index (κ3) is 4.07. The predicted octanol–water partition coefficient (Wildman–Crippen LogP) is 11.3. The van der Waals surface area contributed by atoms with Crippen molar-refractivity contribution >= 4 is 65.6 Å². The van der Waals surface area contributed by atoms with E-state index in [-0.39, 0.29) is 49.4 Å². The van der Waals surface area contributed by atoms with Crippen LogP contribution in [0.1, 0.15) is 21.9 Å². The number of para-hydroxylation sites is 5. The van der Waals surface area contributed by atoms with Gasteiger partial charge in [-0.05, 0) is 35.8 Å². The maximum Gasteiger partial charge on any atom is 0.240 e. The third-order valence-corrected chi connectivity index (χ3v) is 8.93. The van der Waals surface area contributed by atoms with Gasteiger partial charge in [-0.1, -0.05) is 133 Å². The molecule has 0 amide bonds. The Balaban J connectivity index is 1.38. The minimum Gasteiger partial charge on any atom is -0.455 e. The van der Waals surface area contributed by atoms with Crippen molar-refractivity contribution in [2.75, 3.05) is 0 Å². The third-order valence-electron chi connectivity index (χ3n) is 8.93. The number of furan rings is 1. The minimum atomic E-state index is -0.704. The number of benzene rings is 7. The summed E-state index contributed by atoms with van der Waals surface area (Å²) >= 11 is 0. The average molecular weight is 670 g/mol. The fourth-order valence-electron chi connectivity index (χ4n) is 6.80. The summed E-state index contributed by atoms with van der Waals surface area (Å²) in [5.41, 5.74) is 1.49. The minimum absolute atomic E-state index is 0.174. The summed E-state index contributed by atoms with van der Waals surface area (Å²) in [6.45, 7) is 0. The lowest BCUT2D eigenvalue weighted by molar-refractivity contribution is 0.670. The van der Waals surface area contributed by atoms with E-state index in [9.17, 15) is 5.48 Å². The largest absolute Gasteiger partial charge is 0.455 e. The molecular formula is C45H27N5O. The molecule has 0 aliphatic carbocycles. The van der Waals surface area contributed by atoms with Crippen molar-refractivity contribution in [1.82, 2.24) is 24.1 Å². The monoisotopic (exact) mass is 669 g/mol. The molecule has 6 heteroatoms. The van der Waals surface area contributed by atoms with Gasteiger partial charge in [0.1, 0.15) is 11.2 Å². The summed E-state index contributed by atoms with van der Waals surface area (Å²) in [4.78, 5) is 14.6. The smallest absolute Gasteiger partial charge is 0.240 e. The zero-order valence-electron chi connectivity index (χ0n) is 42.0. The second kappa shape index (κ2) is 10.7. The fourth-order valence-corrected chi connectivity index (χ4v) is 6.80. The Morgan fingerprint density at radius 2 is 0.941 bits per heavy atom. The molecule has 0 N–H and O–H groups in total. The van der Waals surface area contributed by atoms with Gasteiger partial charge in [-0.25, -0.2) is 0 Å². The molecule has 0 aliphatic rings. The second-order valence-corrected chi connectivity index (χ2v) is 11.7. The number of hydrogen-bond donors (Lipinski definition) is 0. The van der Waals surface area contributed by atoms with Crippen LogP contribution in [0.3, 0.4) is 0 Å². The maximum absolute atomic E-state index is 9.20. The summed E-state index contributed by atoms with van der Waals surface area (Å²) < 4.78 is 151. The number of aromatic nitrogens is 5. The van der Waals surface area contributed by atoms with Crippen molar-refractivity contribution in [3.05, 3.63) is 163 Å². The molecule has 7 aromatic carbocycles. The van der Waals surface area contributed by atoms with Crippen LogP contribution in [0.4, 0.5) is 0 Å². The van der Waals surface area contributed by atoms with Crippen LogP contribution in [-0.4, -0.2) is 24.1 Å². The van der Waals surface area contributed by atoms with E-state index in [1.807, 2.05) is 48.5 Å². The van der Waals surface area contributed by atoms with Gasteiger partial charge >= 0.3 is 0 Å². The van der Waals surface area contributed by atoms with Gasteiger partial charge in [0.2, 0.25) is 11.9 Å². The van der Waals surface area contributed by atoms with Gasteiger partial charge < -0.3 is 4.42 Å². The zero-order chi connectivity index (χ0) is 47.4. The quantitative estimate of drug-likeness (QED) is 0.187. The second-order valence-electron chi connectivity index (χ2n) is 11.7.